The fraction of sp³-hybridized carbons (Fsp3) is 0.443. The van der Waals surface area contributed by atoms with E-state index in [1.54, 1.807) is 12.3 Å². The molecule has 9 heterocycles. The number of rotatable bonds is 11. The lowest BCUT2D eigenvalue weighted by molar-refractivity contribution is -0.434. The van der Waals surface area contributed by atoms with Gasteiger partial charge < -0.3 is 105 Å². The van der Waals surface area contributed by atoms with Crippen molar-refractivity contribution in [3.8, 4) is 58.0 Å². The number of fused-ring (bicyclic) bond motifs is 10. The second kappa shape index (κ2) is 20.9. The van der Waals surface area contributed by atoms with Gasteiger partial charge in [0.05, 0.1) is 12.6 Å². The Hall–Kier alpha value is -7.86. The third-order valence-corrected chi connectivity index (χ3v) is 18.2. The lowest BCUT2D eigenvalue weighted by atomic mass is 9.67. The molecule has 25 nitrogen and oxygen atoms in total. The number of allylic oxidation sites excluding steroid dienone is 5. The number of nitrogens with one attached hydrogen (secondary N) is 3. The number of carboxylic acids is 1. The van der Waals surface area contributed by atoms with E-state index in [0.29, 0.717) is 36.1 Å². The number of aromatic nitrogens is 1. The number of aromatic hydroxyl groups is 3. The largest absolute Gasteiger partial charge is 0.507 e. The molecule has 3 saturated heterocycles. The number of aliphatic hydroxyl groups excluding tert-OH is 6. The van der Waals surface area contributed by atoms with Gasteiger partial charge in [-0.15, -0.1) is 0 Å². The second-order valence-corrected chi connectivity index (χ2v) is 23.1. The zero-order valence-electron chi connectivity index (χ0n) is 45.8. The predicted molar refractivity (Wildman–Crippen MR) is 293 cm³/mol. The summed E-state index contributed by atoms with van der Waals surface area (Å²) in [6.45, 7) is 0.471. The van der Waals surface area contributed by atoms with Gasteiger partial charge in [0.15, 0.2) is 29.1 Å². The van der Waals surface area contributed by atoms with Gasteiger partial charge >= 0.3 is 11.9 Å². The lowest BCUT2D eigenvalue weighted by Crippen LogP contribution is -2.81. The Morgan fingerprint density at radius 1 is 0.942 bits per heavy atom. The van der Waals surface area contributed by atoms with Crippen LogP contribution in [0.3, 0.4) is 0 Å². The van der Waals surface area contributed by atoms with Gasteiger partial charge in [-0.2, -0.15) is 0 Å². The van der Waals surface area contributed by atoms with E-state index in [2.05, 4.69) is 51.5 Å². The summed E-state index contributed by atoms with van der Waals surface area (Å²) >= 11 is 0. The highest BCUT2D eigenvalue weighted by Crippen LogP contribution is 2.58. The van der Waals surface area contributed by atoms with Crippen LogP contribution in [-0.2, 0) is 41.4 Å². The first-order chi connectivity index (χ1) is 40.9. The van der Waals surface area contributed by atoms with Crippen molar-refractivity contribution in [3.63, 3.8) is 0 Å². The number of aromatic amines is 1. The molecule has 2 aromatic heterocycles. The van der Waals surface area contributed by atoms with E-state index in [-0.39, 0.29) is 58.1 Å². The maximum atomic E-state index is 16.1. The Kier molecular flexibility index (Phi) is 14.2. The van der Waals surface area contributed by atoms with Gasteiger partial charge in [0.1, 0.15) is 52.3 Å². The quantitative estimate of drug-likeness (QED) is 0.0229. The van der Waals surface area contributed by atoms with Crippen LogP contribution in [0.2, 0.25) is 0 Å². The summed E-state index contributed by atoms with van der Waals surface area (Å²) in [5.74, 6) is -10.1. The Balaban J connectivity index is 1.16. The molecule has 1 unspecified atom stereocenters. The van der Waals surface area contributed by atoms with Crippen molar-refractivity contribution in [2.24, 2.45) is 11.8 Å². The van der Waals surface area contributed by atoms with E-state index in [1.807, 2.05) is 13.0 Å². The molecule has 452 valence electrons. The van der Waals surface area contributed by atoms with Gasteiger partial charge in [-0.1, -0.05) is 49.0 Å². The molecular weight excluding hydrogens is 1130 g/mol. The smallest absolute Gasteiger partial charge is 0.354 e. The Morgan fingerprint density at radius 2 is 1.73 bits per heavy atom. The van der Waals surface area contributed by atoms with Crippen LogP contribution in [0.1, 0.15) is 80.2 Å². The number of carbonyl (C=O) groups excluding carboxylic acids is 2. The van der Waals surface area contributed by atoms with Crippen molar-refractivity contribution < 1.29 is 104 Å². The molecule has 25 heteroatoms. The maximum absolute atomic E-state index is 16.1. The van der Waals surface area contributed by atoms with Gasteiger partial charge in [-0.25, -0.2) is 9.59 Å². The van der Waals surface area contributed by atoms with Crippen LogP contribution < -0.4 is 20.8 Å². The SMILES string of the molecule is CCC1=C([C@@H]2C=C3Cc4[nH]ccc4C#CC[C@]4(O)[C@H](O)[C@@H](O)[C@@]3(Oc3cc5oc(-c6cc(O)c(O)c(CCO)c6)cc(=O)c5c(O)c32)O[C@@]42CC#C[C@]3(C(=O)O)O[C@](C[C@H](CO)CC=O)(OC2=O)[C@H](O)[C@@H](O)C3(O)O)C=C2C(N1)N[C@@H]1C=CC[C@H]2C1. The third-order valence-electron chi connectivity index (χ3n) is 18.2. The number of benzene rings is 2. The van der Waals surface area contributed by atoms with E-state index in [1.165, 1.54) is 12.1 Å². The molecule has 7 aliphatic heterocycles. The number of aliphatic carboxylic acids is 1. The van der Waals surface area contributed by atoms with Crippen molar-refractivity contribution in [3.05, 3.63) is 116 Å². The molecule has 6 bridgehead atoms. The van der Waals surface area contributed by atoms with Gasteiger partial charge in [0.2, 0.25) is 17.2 Å². The molecule has 2 aromatic carbocycles. The number of aldehydes is 1. The molecule has 9 aliphatic rings. The first kappa shape index (κ1) is 58.5. The highest BCUT2D eigenvalue weighted by atomic mass is 16.8. The number of H-pyrrole nitrogens is 1. The van der Waals surface area contributed by atoms with Gasteiger partial charge in [0.25, 0.3) is 11.4 Å². The van der Waals surface area contributed by atoms with E-state index in [0.717, 1.165) is 30.2 Å². The molecule has 0 amide bonds. The number of carbonyl (C=O) groups is 3. The molecule has 0 radical (unpaired) electrons. The van der Waals surface area contributed by atoms with Crippen molar-refractivity contribution in [2.75, 3.05) is 13.2 Å². The number of hydrogen-bond acceptors (Lipinski definition) is 23. The van der Waals surface area contributed by atoms with Crippen molar-refractivity contribution in [2.45, 2.75) is 141 Å². The number of carboxylic acid groups (broad SMARTS) is 1. The van der Waals surface area contributed by atoms with Crippen LogP contribution in [0.5, 0.6) is 23.0 Å². The third kappa shape index (κ3) is 8.56. The standard InChI is InChI=1S/C61H61N3O22/c1-2-38-36(23-35-30-6-3-8-34(19-30)63-53(35)64-38)37-21-33-22-39-29(9-15-62-39)7-4-12-56(79)49(72)51(74)60(33,83-44-25-43-46(48(71)45(37)44)40(68)24-42(82-43)32-18-31(11-17-66)47(70)41(69)20-32)86-58(56)14-5-13-57(54(76)77)61(80,81)52(75)50(73)59(85-57,84-55(58)78)26-28(27-67)10-16-65/h3,8-9,15-16,18,20-21,23-25,28,30,34,37,49-53,62-64,66-67,69-75,79-81H,2,6,10-12,14,17,19,22,26-27H2,1H3,(H,76,77)/t28-,30+,34-,37+,49-,50-,51-,52-,53?,56+,57-,58-,59+,60+/m1/s1. The molecule has 13 rings (SSSR count). The number of aliphatic hydroxyl groups is 9. The van der Waals surface area contributed by atoms with Crippen molar-refractivity contribution >= 4 is 29.2 Å². The van der Waals surface area contributed by atoms with E-state index < -0.39 is 167 Å². The summed E-state index contributed by atoms with van der Waals surface area (Å²) in [6.07, 6.45) is -5.02. The molecule has 0 saturated carbocycles. The molecule has 2 spiro atoms. The molecule has 4 aromatic rings. The summed E-state index contributed by atoms with van der Waals surface area (Å²) in [6, 6.07) is 6.25. The van der Waals surface area contributed by atoms with Gasteiger partial charge in [-0.3, -0.25) is 10.1 Å². The fourth-order valence-corrected chi connectivity index (χ4v) is 13.6. The zero-order valence-corrected chi connectivity index (χ0v) is 45.8. The van der Waals surface area contributed by atoms with Gasteiger partial charge in [-0.05, 0) is 72.8 Å². The van der Waals surface area contributed by atoms with Crippen LogP contribution in [0.25, 0.3) is 22.3 Å². The van der Waals surface area contributed by atoms with Crippen LogP contribution in [0, 0.1) is 35.5 Å². The minimum absolute atomic E-state index is 0.00857. The Bertz CT molecular complexity index is 3860. The van der Waals surface area contributed by atoms with Crippen molar-refractivity contribution in [1.82, 2.24) is 15.6 Å². The molecule has 14 atom stereocenters. The summed E-state index contributed by atoms with van der Waals surface area (Å²) in [7, 11) is 0. The number of ether oxygens (including phenoxy) is 4. The predicted octanol–water partition coefficient (Wildman–Crippen LogP) is -0.293. The van der Waals surface area contributed by atoms with Crippen LogP contribution in [0.4, 0.5) is 0 Å². The average Bonchev–Trinajstić information content (AvgIpc) is 1.31. The molecule has 86 heavy (non-hydrogen) atoms. The maximum Gasteiger partial charge on any atom is 0.354 e. The average molecular weight is 1190 g/mol. The normalized spacial score (nSPS) is 34.1. The molecule has 2 aliphatic carbocycles. The number of phenols is 3. The number of hydrogen-bond donors (Lipinski definition) is 16. The summed E-state index contributed by atoms with van der Waals surface area (Å²) in [5.41, 5.74) is -9.44. The molecule has 3 fully saturated rings. The first-order valence-electron chi connectivity index (χ1n) is 28.0. The Labute approximate surface area is 487 Å². The minimum Gasteiger partial charge on any atom is -0.507 e. The number of piperidine rings is 1. The highest BCUT2D eigenvalue weighted by molar-refractivity contribution is 5.90. The highest BCUT2D eigenvalue weighted by Gasteiger charge is 2.78. The van der Waals surface area contributed by atoms with Crippen LogP contribution in [-0.4, -0.2) is 174 Å². The van der Waals surface area contributed by atoms with E-state index in [4.69, 9.17) is 23.4 Å². The van der Waals surface area contributed by atoms with E-state index in [9.17, 15) is 80.8 Å². The second-order valence-electron chi connectivity index (χ2n) is 23.1. The van der Waals surface area contributed by atoms with Crippen LogP contribution >= 0.6 is 0 Å². The van der Waals surface area contributed by atoms with Crippen molar-refractivity contribution in [1.29, 1.82) is 0 Å². The van der Waals surface area contributed by atoms with E-state index >= 15 is 4.79 Å². The Morgan fingerprint density at radius 3 is 2.47 bits per heavy atom. The monoisotopic (exact) mass is 1190 g/mol. The minimum atomic E-state index is -4.07. The topological polar surface area (TPSA) is 421 Å². The lowest BCUT2D eigenvalue weighted by Gasteiger charge is -2.58. The van der Waals surface area contributed by atoms with Gasteiger partial charge in [0, 0.05) is 108 Å². The summed E-state index contributed by atoms with van der Waals surface area (Å²) in [5, 5.41) is 159. The molecular formula is C61H61N3O22. The fourth-order valence-electron chi connectivity index (χ4n) is 13.6. The number of phenolic OH excluding ortho intramolecular Hbond substituents is 3. The summed E-state index contributed by atoms with van der Waals surface area (Å²) < 4.78 is 32.4. The summed E-state index contributed by atoms with van der Waals surface area (Å²) in [4.78, 5) is 59.4. The number of esters is 1. The zero-order chi connectivity index (χ0) is 61.2. The first-order valence-corrected chi connectivity index (χ1v) is 28.0. The molecule has 16 N–H and O–H groups in total. The number of dihydropyridines is 1. The van der Waals surface area contributed by atoms with Crippen LogP contribution in [0.15, 0.2) is 92.5 Å².